The van der Waals surface area contributed by atoms with Crippen LogP contribution in [0.3, 0.4) is 0 Å². The molecule has 17 heavy (non-hydrogen) atoms. The van der Waals surface area contributed by atoms with E-state index in [0.29, 0.717) is 18.7 Å². The van der Waals surface area contributed by atoms with Crippen molar-refractivity contribution in [3.8, 4) is 0 Å². The van der Waals surface area contributed by atoms with Crippen LogP contribution in [0, 0.1) is 5.82 Å². The van der Waals surface area contributed by atoms with E-state index in [4.69, 9.17) is 4.74 Å². The fourth-order valence-corrected chi connectivity index (χ4v) is 2.47. The number of hydrogen-bond acceptors (Lipinski definition) is 3. The van der Waals surface area contributed by atoms with Crippen molar-refractivity contribution in [2.24, 2.45) is 0 Å². The summed E-state index contributed by atoms with van der Waals surface area (Å²) in [6, 6.07) is 6.39. The summed E-state index contributed by atoms with van der Waals surface area (Å²) in [7, 11) is -3.11. The predicted octanol–water partition coefficient (Wildman–Crippen LogP) is 0.986. The first-order valence-electron chi connectivity index (χ1n) is 5.27. The van der Waals surface area contributed by atoms with Crippen molar-refractivity contribution in [3.63, 3.8) is 0 Å². The van der Waals surface area contributed by atoms with Crippen molar-refractivity contribution < 1.29 is 17.5 Å². The van der Waals surface area contributed by atoms with Crippen molar-refractivity contribution in [3.05, 3.63) is 35.6 Å². The largest absolute Gasteiger partial charge is 0.371 e. The van der Waals surface area contributed by atoms with E-state index in [0.717, 1.165) is 0 Å². The van der Waals surface area contributed by atoms with Crippen LogP contribution in [0.1, 0.15) is 5.56 Å². The third-order valence-electron chi connectivity index (χ3n) is 2.72. The van der Waals surface area contributed by atoms with Gasteiger partial charge in [0.15, 0.2) is 0 Å². The second-order valence-corrected chi connectivity index (χ2v) is 6.09. The van der Waals surface area contributed by atoms with Gasteiger partial charge in [0.05, 0.1) is 19.0 Å². The zero-order valence-electron chi connectivity index (χ0n) is 9.47. The molecule has 6 heteroatoms. The Kier molecular flexibility index (Phi) is 3.46. The molecule has 1 aliphatic heterocycles. The van der Waals surface area contributed by atoms with E-state index in [-0.39, 0.29) is 18.5 Å². The monoisotopic (exact) mass is 259 g/mol. The summed E-state index contributed by atoms with van der Waals surface area (Å²) in [5.41, 5.74) is 0.491. The van der Waals surface area contributed by atoms with Crippen LogP contribution in [-0.4, -0.2) is 38.2 Å². The van der Waals surface area contributed by atoms with Gasteiger partial charge in [-0.25, -0.2) is 12.8 Å². The van der Waals surface area contributed by atoms with Gasteiger partial charge in [0, 0.05) is 18.7 Å². The molecule has 1 aromatic rings. The summed E-state index contributed by atoms with van der Waals surface area (Å²) in [4.78, 5) is 0. The molecule has 1 aliphatic rings. The molecule has 0 unspecified atom stereocenters. The van der Waals surface area contributed by atoms with Gasteiger partial charge in [-0.1, -0.05) is 18.2 Å². The highest BCUT2D eigenvalue weighted by Gasteiger charge is 2.33. The van der Waals surface area contributed by atoms with Gasteiger partial charge in [-0.3, -0.25) is 0 Å². The van der Waals surface area contributed by atoms with Gasteiger partial charge in [0.2, 0.25) is 10.0 Å². The first kappa shape index (κ1) is 12.5. The van der Waals surface area contributed by atoms with Crippen molar-refractivity contribution >= 4 is 10.0 Å². The third kappa shape index (κ3) is 3.02. The number of benzene rings is 1. The molecular weight excluding hydrogens is 245 g/mol. The van der Waals surface area contributed by atoms with Crippen molar-refractivity contribution in [2.45, 2.75) is 12.7 Å². The van der Waals surface area contributed by atoms with Crippen molar-refractivity contribution in [1.29, 1.82) is 0 Å². The van der Waals surface area contributed by atoms with Crippen LogP contribution >= 0.6 is 0 Å². The van der Waals surface area contributed by atoms with Gasteiger partial charge in [-0.05, 0) is 6.07 Å². The molecule has 0 saturated carbocycles. The zero-order chi connectivity index (χ0) is 12.5. The lowest BCUT2D eigenvalue weighted by molar-refractivity contribution is -0.0302. The molecule has 0 N–H and O–H groups in total. The highest BCUT2D eigenvalue weighted by molar-refractivity contribution is 7.88. The molecule has 2 rings (SSSR count). The van der Waals surface area contributed by atoms with E-state index < -0.39 is 10.0 Å². The average molecular weight is 259 g/mol. The van der Waals surface area contributed by atoms with Crippen LogP contribution in [0.15, 0.2) is 24.3 Å². The van der Waals surface area contributed by atoms with Crippen LogP contribution in [0.4, 0.5) is 4.39 Å². The molecule has 0 bridgehead atoms. The van der Waals surface area contributed by atoms with E-state index in [1.165, 1.54) is 16.6 Å². The topological polar surface area (TPSA) is 46.6 Å². The Labute approximate surface area is 100 Å². The molecule has 0 radical (unpaired) electrons. The van der Waals surface area contributed by atoms with Gasteiger partial charge < -0.3 is 4.74 Å². The van der Waals surface area contributed by atoms with Gasteiger partial charge in [-0.15, -0.1) is 0 Å². The number of halogens is 1. The van der Waals surface area contributed by atoms with Crippen LogP contribution < -0.4 is 0 Å². The molecule has 0 aromatic heterocycles. The van der Waals surface area contributed by atoms with Crippen LogP contribution in [0.5, 0.6) is 0 Å². The number of ether oxygens (including phenoxy) is 1. The Morgan fingerprint density at radius 1 is 1.41 bits per heavy atom. The number of rotatable bonds is 4. The second kappa shape index (κ2) is 4.72. The first-order chi connectivity index (χ1) is 7.97. The van der Waals surface area contributed by atoms with E-state index in [9.17, 15) is 12.8 Å². The number of hydrogen-bond donors (Lipinski definition) is 0. The summed E-state index contributed by atoms with van der Waals surface area (Å²) in [5.74, 6) is -0.299. The summed E-state index contributed by atoms with van der Waals surface area (Å²) < 4.78 is 42.2. The maximum atomic E-state index is 13.2. The molecule has 0 aliphatic carbocycles. The molecule has 1 saturated heterocycles. The minimum Gasteiger partial charge on any atom is -0.371 e. The molecule has 1 fully saturated rings. The van der Waals surface area contributed by atoms with Crippen molar-refractivity contribution in [1.82, 2.24) is 4.31 Å². The first-order valence-corrected chi connectivity index (χ1v) is 7.12. The molecule has 0 amide bonds. The van der Waals surface area contributed by atoms with E-state index in [1.54, 1.807) is 18.2 Å². The summed E-state index contributed by atoms with van der Waals surface area (Å²) in [6.45, 7) is 0.884. The highest BCUT2D eigenvalue weighted by Crippen LogP contribution is 2.17. The van der Waals surface area contributed by atoms with Crippen LogP contribution in [-0.2, 0) is 21.4 Å². The molecule has 1 aromatic carbocycles. The summed E-state index contributed by atoms with van der Waals surface area (Å²) in [6.07, 6.45) is 1.03. The molecule has 94 valence electrons. The normalized spacial score (nSPS) is 18.0. The predicted molar refractivity (Wildman–Crippen MR) is 61.4 cm³/mol. The van der Waals surface area contributed by atoms with Crippen molar-refractivity contribution in [2.75, 3.05) is 19.3 Å². The zero-order valence-corrected chi connectivity index (χ0v) is 10.3. The fraction of sp³-hybridized carbons (Fsp3) is 0.455. The lowest BCUT2D eigenvalue weighted by Crippen LogP contribution is -2.54. The van der Waals surface area contributed by atoms with E-state index in [1.807, 2.05) is 0 Å². The van der Waals surface area contributed by atoms with Crippen LogP contribution in [0.2, 0.25) is 0 Å². The summed E-state index contributed by atoms with van der Waals surface area (Å²) in [5, 5.41) is 0. The Bertz CT molecular complexity index is 497. The third-order valence-corrected chi connectivity index (χ3v) is 3.95. The van der Waals surface area contributed by atoms with Gasteiger partial charge in [0.1, 0.15) is 5.82 Å². The Morgan fingerprint density at radius 3 is 2.65 bits per heavy atom. The molecule has 4 nitrogen and oxygen atoms in total. The average Bonchev–Trinajstić information content (AvgIpc) is 2.16. The molecule has 0 spiro atoms. The SMILES string of the molecule is CS(=O)(=O)N1CC(OCc2ccccc2F)C1. The Morgan fingerprint density at radius 2 is 2.06 bits per heavy atom. The minimum atomic E-state index is -3.11. The lowest BCUT2D eigenvalue weighted by atomic mass is 10.2. The number of nitrogens with zero attached hydrogens (tertiary/aromatic N) is 1. The molecular formula is C11H14FNO3S. The second-order valence-electron chi connectivity index (χ2n) is 4.10. The molecule has 1 heterocycles. The quantitative estimate of drug-likeness (QED) is 0.810. The van der Waals surface area contributed by atoms with Gasteiger partial charge >= 0.3 is 0 Å². The van der Waals surface area contributed by atoms with Crippen LogP contribution in [0.25, 0.3) is 0 Å². The lowest BCUT2D eigenvalue weighted by Gasteiger charge is -2.36. The maximum Gasteiger partial charge on any atom is 0.211 e. The Balaban J connectivity index is 1.81. The number of sulfonamides is 1. The highest BCUT2D eigenvalue weighted by atomic mass is 32.2. The maximum absolute atomic E-state index is 13.2. The fourth-order valence-electron chi connectivity index (χ4n) is 1.60. The molecule has 0 atom stereocenters. The van der Waals surface area contributed by atoms with Gasteiger partial charge in [0.25, 0.3) is 0 Å². The minimum absolute atomic E-state index is 0.135. The standard InChI is InChI=1S/C11H14FNO3S/c1-17(14,15)13-6-10(7-13)16-8-9-4-2-3-5-11(9)12/h2-5,10H,6-8H2,1H3. The van der Waals surface area contributed by atoms with E-state index in [2.05, 4.69) is 0 Å². The van der Waals surface area contributed by atoms with Gasteiger partial charge in [-0.2, -0.15) is 4.31 Å². The summed E-state index contributed by atoms with van der Waals surface area (Å²) >= 11 is 0. The smallest absolute Gasteiger partial charge is 0.211 e. The Hall–Kier alpha value is -0.980. The van der Waals surface area contributed by atoms with E-state index >= 15 is 0 Å².